The van der Waals surface area contributed by atoms with Gasteiger partial charge in [-0.05, 0) is 26.0 Å². The molecule has 1 saturated heterocycles. The average Bonchev–Trinajstić information content (AvgIpc) is 2.52. The number of morpholine rings is 1. The first-order valence-electron chi connectivity index (χ1n) is 7.59. The predicted molar refractivity (Wildman–Crippen MR) is 80.1 cm³/mol. The van der Waals surface area contributed by atoms with E-state index in [9.17, 15) is 22.8 Å². The van der Waals surface area contributed by atoms with E-state index in [0.29, 0.717) is 0 Å². The molecule has 6 nitrogen and oxygen atoms in total. The summed E-state index contributed by atoms with van der Waals surface area (Å²) < 4.78 is 49.4. The summed E-state index contributed by atoms with van der Waals surface area (Å²) in [6, 6.07) is 4.60. The Morgan fingerprint density at radius 1 is 1.32 bits per heavy atom. The molecule has 1 aromatic rings. The van der Waals surface area contributed by atoms with Gasteiger partial charge in [-0.1, -0.05) is 12.1 Å². The van der Waals surface area contributed by atoms with Crippen molar-refractivity contribution in [1.29, 1.82) is 0 Å². The zero-order valence-electron chi connectivity index (χ0n) is 13.6. The molecule has 138 valence electrons. The third-order valence-electron chi connectivity index (χ3n) is 3.69. The molecule has 1 aliphatic rings. The molecule has 0 radical (unpaired) electrons. The van der Waals surface area contributed by atoms with Crippen LogP contribution < -0.4 is 4.74 Å². The molecule has 1 aromatic carbocycles. The van der Waals surface area contributed by atoms with E-state index in [0.717, 1.165) is 12.1 Å². The van der Waals surface area contributed by atoms with E-state index < -0.39 is 47.7 Å². The van der Waals surface area contributed by atoms with Crippen LogP contribution in [0.25, 0.3) is 0 Å². The molecule has 1 heterocycles. The maximum absolute atomic E-state index is 13.0. The molecule has 9 heteroatoms. The summed E-state index contributed by atoms with van der Waals surface area (Å²) in [7, 11) is 0. The summed E-state index contributed by atoms with van der Waals surface area (Å²) in [5, 5.41) is 9.04. The number of carbonyl (C=O) groups is 2. The van der Waals surface area contributed by atoms with Gasteiger partial charge >= 0.3 is 12.1 Å². The van der Waals surface area contributed by atoms with Crippen LogP contribution in [0.4, 0.5) is 13.2 Å². The minimum atomic E-state index is -4.61. The maximum Gasteiger partial charge on any atom is 0.419 e. The highest BCUT2D eigenvalue weighted by molar-refractivity contribution is 5.82. The van der Waals surface area contributed by atoms with Crippen molar-refractivity contribution >= 4 is 11.9 Å². The van der Waals surface area contributed by atoms with E-state index in [1.54, 1.807) is 6.92 Å². The number of hydrogen-bond donors (Lipinski definition) is 1. The number of ether oxygens (including phenoxy) is 2. The Morgan fingerprint density at radius 3 is 2.56 bits per heavy atom. The van der Waals surface area contributed by atoms with Gasteiger partial charge in [0.05, 0.1) is 18.2 Å². The molecule has 0 bridgehead atoms. The van der Waals surface area contributed by atoms with Crippen LogP contribution in [-0.4, -0.2) is 53.3 Å². The number of benzene rings is 1. The number of para-hydroxylation sites is 1. The third kappa shape index (κ3) is 4.62. The number of amides is 1. The number of carboxylic acids is 1. The van der Waals surface area contributed by atoms with Crippen LogP contribution in [-0.2, 0) is 20.5 Å². The van der Waals surface area contributed by atoms with E-state index in [-0.39, 0.29) is 13.1 Å². The summed E-state index contributed by atoms with van der Waals surface area (Å²) in [5.74, 6) is -2.26. The first-order chi connectivity index (χ1) is 11.6. The summed E-state index contributed by atoms with van der Waals surface area (Å²) >= 11 is 0. The Kier molecular flexibility index (Phi) is 5.56. The summed E-state index contributed by atoms with van der Waals surface area (Å²) in [6.45, 7) is 2.88. The smallest absolute Gasteiger partial charge is 0.419 e. The van der Waals surface area contributed by atoms with Crippen LogP contribution in [0, 0.1) is 0 Å². The van der Waals surface area contributed by atoms with Crippen molar-refractivity contribution < 1.29 is 37.3 Å². The Morgan fingerprint density at radius 2 is 1.96 bits per heavy atom. The van der Waals surface area contributed by atoms with Crippen molar-refractivity contribution in [1.82, 2.24) is 4.90 Å². The first kappa shape index (κ1) is 19.0. The fourth-order valence-corrected chi connectivity index (χ4v) is 2.57. The number of rotatable bonds is 4. The lowest BCUT2D eigenvalue weighted by atomic mass is 10.1. The van der Waals surface area contributed by atoms with Crippen molar-refractivity contribution in [3.63, 3.8) is 0 Å². The van der Waals surface area contributed by atoms with Crippen LogP contribution in [0.15, 0.2) is 24.3 Å². The summed E-state index contributed by atoms with van der Waals surface area (Å²) in [5.41, 5.74) is -0.978. The van der Waals surface area contributed by atoms with Gasteiger partial charge in [0.15, 0.2) is 12.2 Å². The highest BCUT2D eigenvalue weighted by Gasteiger charge is 2.37. The van der Waals surface area contributed by atoms with Crippen molar-refractivity contribution in [2.75, 3.05) is 13.1 Å². The van der Waals surface area contributed by atoms with E-state index >= 15 is 0 Å². The second-order valence-corrected chi connectivity index (χ2v) is 5.77. The largest absolute Gasteiger partial charge is 0.480 e. The van der Waals surface area contributed by atoms with E-state index in [1.165, 1.54) is 24.0 Å². The van der Waals surface area contributed by atoms with Crippen molar-refractivity contribution in [2.24, 2.45) is 0 Å². The lowest BCUT2D eigenvalue weighted by Gasteiger charge is -2.36. The number of carbonyl (C=O) groups excluding carboxylic acids is 1. The monoisotopic (exact) mass is 361 g/mol. The van der Waals surface area contributed by atoms with Gasteiger partial charge in [-0.3, -0.25) is 4.79 Å². The first-order valence-corrected chi connectivity index (χ1v) is 7.59. The SMILES string of the molecule is CC(Oc1ccccc1C(F)(F)F)C(=O)N1CC(C(=O)O)O[C@H](C)C1. The molecule has 2 unspecified atom stereocenters. The lowest BCUT2D eigenvalue weighted by molar-refractivity contribution is -0.169. The zero-order valence-corrected chi connectivity index (χ0v) is 13.6. The molecule has 0 aromatic heterocycles. The minimum Gasteiger partial charge on any atom is -0.480 e. The van der Waals surface area contributed by atoms with Crippen LogP contribution in [0.5, 0.6) is 5.75 Å². The fourth-order valence-electron chi connectivity index (χ4n) is 2.57. The van der Waals surface area contributed by atoms with E-state index in [4.69, 9.17) is 14.6 Å². The maximum atomic E-state index is 13.0. The molecule has 3 atom stereocenters. The van der Waals surface area contributed by atoms with Crippen molar-refractivity contribution in [2.45, 2.75) is 38.3 Å². The van der Waals surface area contributed by atoms with E-state index in [2.05, 4.69) is 0 Å². The van der Waals surface area contributed by atoms with Gasteiger partial charge < -0.3 is 19.5 Å². The van der Waals surface area contributed by atoms with Gasteiger partial charge in [-0.2, -0.15) is 13.2 Å². The van der Waals surface area contributed by atoms with E-state index in [1.807, 2.05) is 0 Å². The third-order valence-corrected chi connectivity index (χ3v) is 3.69. The number of nitrogens with zero attached hydrogens (tertiary/aromatic N) is 1. The van der Waals surface area contributed by atoms with Crippen LogP contribution >= 0.6 is 0 Å². The molecular formula is C16H18F3NO5. The molecule has 0 saturated carbocycles. The molecule has 1 N–H and O–H groups in total. The Bertz CT molecular complexity index is 649. The summed E-state index contributed by atoms with van der Waals surface area (Å²) in [6.07, 6.45) is -7.50. The standard InChI is InChI=1S/C16H18F3NO5/c1-9-7-20(8-13(24-9)15(22)23)14(21)10(2)25-12-6-4-3-5-11(12)16(17,18)19/h3-6,9-10,13H,7-8H2,1-2H3,(H,22,23)/t9-,10?,13?/m1/s1. The number of alkyl halides is 3. The normalized spacial score (nSPS) is 22.4. The Hall–Kier alpha value is -2.29. The highest BCUT2D eigenvalue weighted by atomic mass is 19.4. The Balaban J connectivity index is 2.12. The molecule has 2 rings (SSSR count). The number of aliphatic carboxylic acids is 1. The zero-order chi connectivity index (χ0) is 18.8. The molecular weight excluding hydrogens is 343 g/mol. The van der Waals surface area contributed by atoms with Gasteiger partial charge in [0, 0.05) is 6.54 Å². The van der Waals surface area contributed by atoms with Gasteiger partial charge in [0.25, 0.3) is 5.91 Å². The number of hydrogen-bond acceptors (Lipinski definition) is 4. The molecule has 25 heavy (non-hydrogen) atoms. The van der Waals surface area contributed by atoms with Gasteiger partial charge in [-0.25, -0.2) is 4.79 Å². The topological polar surface area (TPSA) is 76.1 Å². The molecule has 0 spiro atoms. The Labute approximate surface area is 142 Å². The number of halogens is 3. The van der Waals surface area contributed by atoms with Gasteiger partial charge in [0.2, 0.25) is 0 Å². The van der Waals surface area contributed by atoms with Gasteiger partial charge in [-0.15, -0.1) is 0 Å². The van der Waals surface area contributed by atoms with Crippen LogP contribution in [0.2, 0.25) is 0 Å². The van der Waals surface area contributed by atoms with Crippen molar-refractivity contribution in [3.05, 3.63) is 29.8 Å². The predicted octanol–water partition coefficient (Wildman–Crippen LogP) is 2.17. The van der Waals surface area contributed by atoms with Crippen LogP contribution in [0.1, 0.15) is 19.4 Å². The average molecular weight is 361 g/mol. The number of carboxylic acid groups (broad SMARTS) is 1. The van der Waals surface area contributed by atoms with Crippen LogP contribution in [0.3, 0.4) is 0 Å². The van der Waals surface area contributed by atoms with Crippen molar-refractivity contribution in [3.8, 4) is 5.75 Å². The van der Waals surface area contributed by atoms with Gasteiger partial charge in [0.1, 0.15) is 5.75 Å². The fraction of sp³-hybridized carbons (Fsp3) is 0.500. The summed E-state index contributed by atoms with van der Waals surface area (Å²) in [4.78, 5) is 24.7. The second kappa shape index (κ2) is 7.30. The highest BCUT2D eigenvalue weighted by Crippen LogP contribution is 2.36. The quantitative estimate of drug-likeness (QED) is 0.890. The molecule has 0 aliphatic carbocycles. The molecule has 1 aliphatic heterocycles. The lowest BCUT2D eigenvalue weighted by Crippen LogP contribution is -2.54. The molecule has 1 fully saturated rings. The minimum absolute atomic E-state index is 0.136. The molecule has 1 amide bonds. The second-order valence-electron chi connectivity index (χ2n) is 5.77.